The molecule has 9 heteroatoms. The zero-order chi connectivity index (χ0) is 15.5. The van der Waals surface area contributed by atoms with Crippen LogP contribution < -0.4 is 10.0 Å². The Kier molecular flexibility index (Phi) is 4.53. The summed E-state index contributed by atoms with van der Waals surface area (Å²) in [4.78, 5) is 23.5. The van der Waals surface area contributed by atoms with E-state index in [1.165, 1.54) is 24.3 Å². The second-order valence-electron chi connectivity index (χ2n) is 4.48. The number of nitrogens with zero attached hydrogens (tertiary/aromatic N) is 1. The molecule has 0 radical (unpaired) electrons. The molecule has 2 N–H and O–H groups in total. The Morgan fingerprint density at radius 3 is 2.48 bits per heavy atom. The van der Waals surface area contributed by atoms with Crippen LogP contribution in [-0.4, -0.2) is 44.9 Å². The Morgan fingerprint density at radius 1 is 1.24 bits per heavy atom. The molecule has 0 saturated carbocycles. The van der Waals surface area contributed by atoms with Gasteiger partial charge >= 0.3 is 6.03 Å². The summed E-state index contributed by atoms with van der Waals surface area (Å²) in [5.41, 5.74) is 0.443. The van der Waals surface area contributed by atoms with Gasteiger partial charge in [0.1, 0.15) is 5.82 Å². The van der Waals surface area contributed by atoms with Gasteiger partial charge in [-0.05, 0) is 17.7 Å². The number of benzene rings is 1. The van der Waals surface area contributed by atoms with Crippen molar-refractivity contribution in [2.45, 2.75) is 5.75 Å². The van der Waals surface area contributed by atoms with E-state index in [-0.39, 0.29) is 25.4 Å². The molecule has 1 aliphatic heterocycles. The van der Waals surface area contributed by atoms with Gasteiger partial charge in [0.15, 0.2) is 0 Å². The monoisotopic (exact) mass is 315 g/mol. The first kappa shape index (κ1) is 15.4. The van der Waals surface area contributed by atoms with Gasteiger partial charge in [-0.3, -0.25) is 9.69 Å². The van der Waals surface area contributed by atoms with Gasteiger partial charge in [-0.15, -0.1) is 0 Å². The maximum atomic E-state index is 12.7. The van der Waals surface area contributed by atoms with Crippen LogP contribution in [0.4, 0.5) is 9.18 Å². The van der Waals surface area contributed by atoms with E-state index in [9.17, 15) is 22.4 Å². The first-order chi connectivity index (χ1) is 9.87. The Labute approximate surface area is 121 Å². The summed E-state index contributed by atoms with van der Waals surface area (Å²) in [5, 5.41) is 2.34. The van der Waals surface area contributed by atoms with Crippen molar-refractivity contribution in [2.75, 3.05) is 19.6 Å². The number of sulfonamides is 1. The molecule has 1 heterocycles. The average molecular weight is 315 g/mol. The van der Waals surface area contributed by atoms with E-state index in [1.54, 1.807) is 0 Å². The van der Waals surface area contributed by atoms with Gasteiger partial charge in [0.25, 0.3) is 0 Å². The number of nitrogens with one attached hydrogen (secondary N) is 2. The molecule has 21 heavy (non-hydrogen) atoms. The van der Waals surface area contributed by atoms with E-state index < -0.39 is 27.8 Å². The molecule has 1 fully saturated rings. The van der Waals surface area contributed by atoms with Gasteiger partial charge in [-0.25, -0.2) is 22.3 Å². The van der Waals surface area contributed by atoms with Crippen molar-refractivity contribution in [3.05, 3.63) is 35.6 Å². The maximum absolute atomic E-state index is 12.7. The first-order valence-electron chi connectivity index (χ1n) is 6.17. The number of urea groups is 1. The molecule has 1 aromatic carbocycles. The third kappa shape index (κ3) is 4.23. The lowest BCUT2D eigenvalue weighted by atomic mass is 10.2. The zero-order valence-corrected chi connectivity index (χ0v) is 11.8. The maximum Gasteiger partial charge on any atom is 0.324 e. The summed E-state index contributed by atoms with van der Waals surface area (Å²) >= 11 is 0. The number of halogens is 1. The highest BCUT2D eigenvalue weighted by Gasteiger charge is 2.28. The quantitative estimate of drug-likeness (QED) is 0.711. The van der Waals surface area contributed by atoms with Crippen LogP contribution >= 0.6 is 0 Å². The first-order valence-corrected chi connectivity index (χ1v) is 7.82. The third-order valence-corrected chi connectivity index (χ3v) is 4.22. The van der Waals surface area contributed by atoms with Crippen LogP contribution in [0.1, 0.15) is 5.56 Å². The highest BCUT2D eigenvalue weighted by molar-refractivity contribution is 7.88. The molecule has 0 aliphatic carbocycles. The average Bonchev–Trinajstić information content (AvgIpc) is 2.73. The molecule has 1 aromatic rings. The lowest BCUT2D eigenvalue weighted by Gasteiger charge is -2.13. The highest BCUT2D eigenvalue weighted by Crippen LogP contribution is 2.06. The van der Waals surface area contributed by atoms with Crippen molar-refractivity contribution in [1.29, 1.82) is 0 Å². The summed E-state index contributed by atoms with van der Waals surface area (Å²) in [6.07, 6.45) is 0. The van der Waals surface area contributed by atoms with E-state index in [0.717, 1.165) is 4.90 Å². The van der Waals surface area contributed by atoms with E-state index in [1.807, 2.05) is 0 Å². The van der Waals surface area contributed by atoms with Gasteiger partial charge in [-0.1, -0.05) is 12.1 Å². The molecular weight excluding hydrogens is 301 g/mol. The SMILES string of the molecule is O=C1CNC(=O)N1CCNS(=O)(=O)Cc1ccc(F)cc1. The van der Waals surface area contributed by atoms with Crippen molar-refractivity contribution in [3.63, 3.8) is 0 Å². The second kappa shape index (κ2) is 6.19. The number of hydrogen-bond donors (Lipinski definition) is 2. The van der Waals surface area contributed by atoms with Crippen molar-refractivity contribution in [3.8, 4) is 0 Å². The summed E-state index contributed by atoms with van der Waals surface area (Å²) in [6.45, 7) is -0.169. The molecule has 0 bridgehead atoms. The standard InChI is InChI=1S/C12H14FN3O4S/c13-10-3-1-9(2-4-10)8-21(19,20)15-5-6-16-11(17)7-14-12(16)18/h1-4,15H,5-8H2,(H,14,18). The van der Waals surface area contributed by atoms with Crippen LogP contribution in [0.15, 0.2) is 24.3 Å². The minimum absolute atomic E-state index is 0.0344. The van der Waals surface area contributed by atoms with Crippen LogP contribution in [0.3, 0.4) is 0 Å². The second-order valence-corrected chi connectivity index (χ2v) is 6.29. The van der Waals surface area contributed by atoms with Crippen molar-refractivity contribution >= 4 is 22.0 Å². The molecule has 0 aromatic heterocycles. The zero-order valence-electron chi connectivity index (χ0n) is 11.0. The molecule has 7 nitrogen and oxygen atoms in total. The minimum Gasteiger partial charge on any atom is -0.329 e. The summed E-state index contributed by atoms with van der Waals surface area (Å²) in [5.74, 6) is -1.13. The van der Waals surface area contributed by atoms with Gasteiger partial charge in [0, 0.05) is 13.1 Å². The summed E-state index contributed by atoms with van der Waals surface area (Å²) < 4.78 is 38.6. The Morgan fingerprint density at radius 2 is 1.90 bits per heavy atom. The number of imide groups is 1. The summed E-state index contributed by atoms with van der Waals surface area (Å²) in [6, 6.07) is 4.59. The van der Waals surface area contributed by atoms with Gasteiger partial charge < -0.3 is 5.32 Å². The molecule has 3 amide bonds. The van der Waals surface area contributed by atoms with E-state index in [0.29, 0.717) is 5.56 Å². The van der Waals surface area contributed by atoms with E-state index in [4.69, 9.17) is 0 Å². The van der Waals surface area contributed by atoms with E-state index >= 15 is 0 Å². The van der Waals surface area contributed by atoms with E-state index in [2.05, 4.69) is 10.0 Å². The van der Waals surface area contributed by atoms with Gasteiger partial charge in [0.2, 0.25) is 15.9 Å². The minimum atomic E-state index is -3.62. The Bertz CT molecular complexity index is 629. The fraction of sp³-hybridized carbons (Fsp3) is 0.333. The lowest BCUT2D eigenvalue weighted by Crippen LogP contribution is -2.39. The third-order valence-electron chi connectivity index (χ3n) is 2.86. The van der Waals surface area contributed by atoms with Crippen LogP contribution in [0.2, 0.25) is 0 Å². The Balaban J connectivity index is 1.85. The molecule has 0 spiro atoms. The smallest absolute Gasteiger partial charge is 0.324 e. The predicted molar refractivity (Wildman–Crippen MR) is 72.1 cm³/mol. The molecule has 0 unspecified atom stereocenters. The lowest BCUT2D eigenvalue weighted by molar-refractivity contribution is -0.124. The van der Waals surface area contributed by atoms with Crippen LogP contribution in [0, 0.1) is 5.82 Å². The number of carbonyl (C=O) groups is 2. The molecule has 2 rings (SSSR count). The van der Waals surface area contributed by atoms with Gasteiger partial charge in [-0.2, -0.15) is 0 Å². The molecule has 0 atom stereocenters. The topological polar surface area (TPSA) is 95.6 Å². The highest BCUT2D eigenvalue weighted by atomic mass is 32.2. The fourth-order valence-corrected chi connectivity index (χ4v) is 2.98. The predicted octanol–water partition coefficient (Wildman–Crippen LogP) is -0.203. The normalized spacial score (nSPS) is 15.4. The largest absolute Gasteiger partial charge is 0.329 e. The molecule has 1 aliphatic rings. The van der Waals surface area contributed by atoms with Crippen LogP contribution in [0.5, 0.6) is 0 Å². The van der Waals surface area contributed by atoms with Gasteiger partial charge in [0.05, 0.1) is 12.3 Å². The van der Waals surface area contributed by atoms with Crippen molar-refractivity contribution < 1.29 is 22.4 Å². The van der Waals surface area contributed by atoms with Crippen molar-refractivity contribution in [2.24, 2.45) is 0 Å². The number of amides is 3. The number of hydrogen-bond acceptors (Lipinski definition) is 4. The van der Waals surface area contributed by atoms with Crippen molar-refractivity contribution in [1.82, 2.24) is 14.9 Å². The van der Waals surface area contributed by atoms with Crippen LogP contribution in [-0.2, 0) is 20.6 Å². The van der Waals surface area contributed by atoms with Crippen LogP contribution in [0.25, 0.3) is 0 Å². The summed E-state index contributed by atoms with van der Waals surface area (Å²) in [7, 11) is -3.62. The number of rotatable bonds is 6. The molecule has 1 saturated heterocycles. The number of carbonyl (C=O) groups excluding carboxylic acids is 2. The molecular formula is C12H14FN3O4S. The fourth-order valence-electron chi connectivity index (χ4n) is 1.85. The molecule has 114 valence electrons. The Hall–Kier alpha value is -2.00.